The van der Waals surface area contributed by atoms with Crippen LogP contribution in [0.1, 0.15) is 37.7 Å². The zero-order chi connectivity index (χ0) is 19.2. The van der Waals surface area contributed by atoms with Crippen LogP contribution in [0, 0.1) is 0 Å². The van der Waals surface area contributed by atoms with E-state index in [9.17, 15) is 14.4 Å². The van der Waals surface area contributed by atoms with E-state index in [-0.39, 0.29) is 23.8 Å². The molecule has 6 nitrogen and oxygen atoms in total. The average molecular weight is 369 g/mol. The molecular weight excluding hydrogens is 342 g/mol. The number of hydrogen-bond donors (Lipinski definition) is 1. The minimum Gasteiger partial charge on any atom is -0.341 e. The number of carbonyl (C=O) groups excluding carboxylic acids is 3. The molecule has 0 bridgehead atoms. The maximum Gasteiger partial charge on any atom is 0.247 e. The Kier molecular flexibility index (Phi) is 6.27. The molecule has 1 aromatic carbocycles. The molecule has 144 valence electrons. The summed E-state index contributed by atoms with van der Waals surface area (Å²) in [6.45, 7) is 5.67. The fourth-order valence-corrected chi connectivity index (χ4v) is 3.85. The van der Waals surface area contributed by atoms with Crippen molar-refractivity contribution in [3.05, 3.63) is 42.5 Å². The summed E-state index contributed by atoms with van der Waals surface area (Å²) in [6.07, 6.45) is 6.20. The standard InChI is InChI=1S/C21H27N3O3/c1-2-19(25)22-17-10-8-16(9-11-17)14-21(27)24-13-4-3-6-18(24)15-23-12-5-7-20(23)26/h2,8-11,18H,1,3-7,12-15H2,(H,22,25). The van der Waals surface area contributed by atoms with Crippen molar-refractivity contribution in [1.82, 2.24) is 9.80 Å². The maximum absolute atomic E-state index is 12.9. The Hall–Kier alpha value is -2.63. The second-order valence-corrected chi connectivity index (χ2v) is 7.25. The van der Waals surface area contributed by atoms with Gasteiger partial charge in [-0.3, -0.25) is 14.4 Å². The van der Waals surface area contributed by atoms with Crippen LogP contribution in [0.15, 0.2) is 36.9 Å². The van der Waals surface area contributed by atoms with Crippen molar-refractivity contribution in [2.45, 2.75) is 44.6 Å². The molecule has 27 heavy (non-hydrogen) atoms. The van der Waals surface area contributed by atoms with E-state index in [1.54, 1.807) is 12.1 Å². The topological polar surface area (TPSA) is 69.7 Å². The Balaban J connectivity index is 1.60. The normalized spacial score (nSPS) is 19.9. The Labute approximate surface area is 160 Å². The SMILES string of the molecule is C=CC(=O)Nc1ccc(CC(=O)N2CCCCC2CN2CCCC2=O)cc1. The van der Waals surface area contributed by atoms with Gasteiger partial charge in [-0.1, -0.05) is 18.7 Å². The molecule has 0 saturated carbocycles. The van der Waals surface area contributed by atoms with Gasteiger partial charge < -0.3 is 15.1 Å². The third kappa shape index (κ3) is 4.96. The summed E-state index contributed by atoms with van der Waals surface area (Å²) < 4.78 is 0. The number of nitrogens with one attached hydrogen (secondary N) is 1. The number of anilines is 1. The molecule has 2 heterocycles. The highest BCUT2D eigenvalue weighted by Crippen LogP contribution is 2.22. The van der Waals surface area contributed by atoms with Crippen molar-refractivity contribution < 1.29 is 14.4 Å². The van der Waals surface area contributed by atoms with Crippen LogP contribution in [0.2, 0.25) is 0 Å². The molecular formula is C21H27N3O3. The van der Waals surface area contributed by atoms with Gasteiger partial charge in [0.2, 0.25) is 17.7 Å². The molecule has 0 aliphatic carbocycles. The molecule has 3 amide bonds. The number of amides is 3. The summed E-state index contributed by atoms with van der Waals surface area (Å²) in [7, 11) is 0. The van der Waals surface area contributed by atoms with Gasteiger partial charge >= 0.3 is 0 Å². The Bertz CT molecular complexity index is 714. The molecule has 1 aromatic rings. The lowest BCUT2D eigenvalue weighted by Crippen LogP contribution is -2.50. The number of likely N-dealkylation sites (tertiary alicyclic amines) is 2. The van der Waals surface area contributed by atoms with Crippen molar-refractivity contribution >= 4 is 23.4 Å². The van der Waals surface area contributed by atoms with Gasteiger partial charge in [-0.2, -0.15) is 0 Å². The molecule has 0 spiro atoms. The molecule has 1 atom stereocenters. The number of nitrogens with zero attached hydrogens (tertiary/aromatic N) is 2. The van der Waals surface area contributed by atoms with Crippen LogP contribution in [-0.2, 0) is 20.8 Å². The van der Waals surface area contributed by atoms with Crippen LogP contribution in [0.25, 0.3) is 0 Å². The lowest BCUT2D eigenvalue weighted by Gasteiger charge is -2.38. The first-order valence-corrected chi connectivity index (χ1v) is 9.66. The van der Waals surface area contributed by atoms with Crippen molar-refractivity contribution in [1.29, 1.82) is 0 Å². The Morgan fingerprint density at radius 2 is 1.93 bits per heavy atom. The maximum atomic E-state index is 12.9. The van der Waals surface area contributed by atoms with Gasteiger partial charge in [0.1, 0.15) is 0 Å². The highest BCUT2D eigenvalue weighted by molar-refractivity contribution is 5.98. The van der Waals surface area contributed by atoms with Crippen molar-refractivity contribution in [2.24, 2.45) is 0 Å². The molecule has 2 fully saturated rings. The summed E-state index contributed by atoms with van der Waals surface area (Å²) in [5, 5.41) is 2.70. The molecule has 0 radical (unpaired) electrons. The quantitative estimate of drug-likeness (QED) is 0.783. The lowest BCUT2D eigenvalue weighted by atomic mass is 10.00. The first-order chi connectivity index (χ1) is 13.1. The molecule has 2 aliphatic rings. The van der Waals surface area contributed by atoms with E-state index in [0.717, 1.165) is 44.3 Å². The predicted octanol–water partition coefficient (Wildman–Crippen LogP) is 2.36. The van der Waals surface area contributed by atoms with E-state index in [1.807, 2.05) is 21.9 Å². The van der Waals surface area contributed by atoms with E-state index in [2.05, 4.69) is 11.9 Å². The monoisotopic (exact) mass is 369 g/mol. The van der Waals surface area contributed by atoms with Gasteiger partial charge in [0.15, 0.2) is 0 Å². The van der Waals surface area contributed by atoms with Crippen LogP contribution >= 0.6 is 0 Å². The highest BCUT2D eigenvalue weighted by atomic mass is 16.2. The number of hydrogen-bond acceptors (Lipinski definition) is 3. The van der Waals surface area contributed by atoms with E-state index >= 15 is 0 Å². The van der Waals surface area contributed by atoms with Gasteiger partial charge in [-0.15, -0.1) is 0 Å². The molecule has 0 aromatic heterocycles. The van der Waals surface area contributed by atoms with E-state index in [1.165, 1.54) is 6.08 Å². The number of benzene rings is 1. The zero-order valence-electron chi connectivity index (χ0n) is 15.7. The first-order valence-electron chi connectivity index (χ1n) is 9.66. The third-order valence-corrected chi connectivity index (χ3v) is 5.31. The fourth-order valence-electron chi connectivity index (χ4n) is 3.85. The van der Waals surface area contributed by atoms with E-state index in [0.29, 0.717) is 25.1 Å². The highest BCUT2D eigenvalue weighted by Gasteiger charge is 2.31. The molecule has 1 N–H and O–H groups in total. The molecule has 1 unspecified atom stereocenters. The second kappa shape index (κ2) is 8.84. The van der Waals surface area contributed by atoms with Crippen LogP contribution in [-0.4, -0.2) is 53.2 Å². The summed E-state index contributed by atoms with van der Waals surface area (Å²) in [5.41, 5.74) is 1.60. The van der Waals surface area contributed by atoms with Crippen molar-refractivity contribution in [2.75, 3.05) is 25.0 Å². The van der Waals surface area contributed by atoms with Crippen LogP contribution in [0.4, 0.5) is 5.69 Å². The molecule has 6 heteroatoms. The van der Waals surface area contributed by atoms with Gasteiger partial charge in [-0.25, -0.2) is 0 Å². The van der Waals surface area contributed by atoms with Gasteiger partial charge in [-0.05, 0) is 49.5 Å². The summed E-state index contributed by atoms with van der Waals surface area (Å²) >= 11 is 0. The Morgan fingerprint density at radius 1 is 1.15 bits per heavy atom. The second-order valence-electron chi connectivity index (χ2n) is 7.25. The predicted molar refractivity (Wildman–Crippen MR) is 104 cm³/mol. The fraction of sp³-hybridized carbons (Fsp3) is 0.476. The van der Waals surface area contributed by atoms with Crippen molar-refractivity contribution in [3.63, 3.8) is 0 Å². The number of piperidine rings is 1. The number of rotatable bonds is 6. The van der Waals surface area contributed by atoms with Crippen molar-refractivity contribution in [3.8, 4) is 0 Å². The van der Waals surface area contributed by atoms with Gasteiger partial charge in [0.25, 0.3) is 0 Å². The first kappa shape index (κ1) is 19.1. The Morgan fingerprint density at radius 3 is 2.59 bits per heavy atom. The largest absolute Gasteiger partial charge is 0.341 e. The van der Waals surface area contributed by atoms with Crippen LogP contribution in [0.3, 0.4) is 0 Å². The third-order valence-electron chi connectivity index (χ3n) is 5.31. The van der Waals surface area contributed by atoms with E-state index in [4.69, 9.17) is 0 Å². The van der Waals surface area contributed by atoms with Gasteiger partial charge in [0, 0.05) is 37.8 Å². The minimum atomic E-state index is -0.258. The van der Waals surface area contributed by atoms with Crippen LogP contribution < -0.4 is 5.32 Å². The lowest BCUT2D eigenvalue weighted by molar-refractivity contribution is -0.137. The molecule has 3 rings (SSSR count). The number of carbonyl (C=O) groups is 3. The molecule has 2 aliphatic heterocycles. The van der Waals surface area contributed by atoms with E-state index < -0.39 is 0 Å². The average Bonchev–Trinajstić information content (AvgIpc) is 3.08. The summed E-state index contributed by atoms with van der Waals surface area (Å²) in [4.78, 5) is 40.0. The zero-order valence-corrected chi connectivity index (χ0v) is 15.7. The van der Waals surface area contributed by atoms with Gasteiger partial charge in [0.05, 0.1) is 6.42 Å². The molecule has 2 saturated heterocycles. The summed E-state index contributed by atoms with van der Waals surface area (Å²) in [6, 6.07) is 7.43. The van der Waals surface area contributed by atoms with Crippen LogP contribution in [0.5, 0.6) is 0 Å². The minimum absolute atomic E-state index is 0.106. The summed E-state index contributed by atoms with van der Waals surface area (Å²) in [5.74, 6) is 0.0609. The smallest absolute Gasteiger partial charge is 0.247 e.